The van der Waals surface area contributed by atoms with Gasteiger partial charge in [-0.05, 0) is 43.5 Å². The van der Waals surface area contributed by atoms with Crippen molar-refractivity contribution in [2.75, 3.05) is 18.0 Å². The molecule has 0 aliphatic carbocycles. The van der Waals surface area contributed by atoms with Crippen LogP contribution in [0.1, 0.15) is 61.1 Å². The average Bonchev–Trinajstić information content (AvgIpc) is 3.32. The van der Waals surface area contributed by atoms with E-state index in [1.54, 1.807) is 36.1 Å². The molecule has 1 aromatic heterocycles. The zero-order chi connectivity index (χ0) is 23.9. The zero-order valence-electron chi connectivity index (χ0n) is 19.7. The maximum atomic E-state index is 13.9. The third-order valence-electron chi connectivity index (χ3n) is 7.17. The number of anilines is 1. The number of imide groups is 1. The van der Waals surface area contributed by atoms with Crippen LogP contribution in [0.5, 0.6) is 0 Å². The van der Waals surface area contributed by atoms with E-state index in [-0.39, 0.29) is 17.8 Å². The van der Waals surface area contributed by atoms with Crippen molar-refractivity contribution in [2.24, 2.45) is 0 Å². The first-order valence-corrected chi connectivity index (χ1v) is 12.1. The van der Waals surface area contributed by atoms with Gasteiger partial charge in [0.05, 0.1) is 16.9 Å². The Balaban J connectivity index is 1.49. The normalized spacial score (nSPS) is 19.5. The van der Waals surface area contributed by atoms with Crippen LogP contribution < -0.4 is 10.2 Å². The molecule has 7 heteroatoms. The predicted octanol–water partition coefficient (Wildman–Crippen LogP) is 4.72. The number of aromatic nitrogens is 1. The molecule has 0 spiro atoms. The van der Waals surface area contributed by atoms with Crippen LogP contribution in [-0.4, -0.2) is 40.8 Å². The van der Waals surface area contributed by atoms with E-state index < -0.39 is 5.54 Å². The van der Waals surface area contributed by atoms with Gasteiger partial charge in [-0.15, -0.1) is 0 Å². The number of hydrogen-bond acceptors (Lipinski definition) is 3. The van der Waals surface area contributed by atoms with Crippen molar-refractivity contribution < 1.29 is 14.4 Å². The molecule has 3 heterocycles. The Labute approximate surface area is 199 Å². The molecule has 0 saturated carbocycles. The summed E-state index contributed by atoms with van der Waals surface area (Å²) in [6.45, 7) is 4.96. The Morgan fingerprint density at radius 3 is 2.65 bits per heavy atom. The van der Waals surface area contributed by atoms with E-state index in [2.05, 4.69) is 17.2 Å². The number of para-hydroxylation sites is 2. The Hall–Kier alpha value is -3.61. The predicted molar refractivity (Wildman–Crippen MR) is 132 cm³/mol. The lowest BCUT2D eigenvalue weighted by Crippen LogP contribution is -2.49. The van der Waals surface area contributed by atoms with Gasteiger partial charge in [0.2, 0.25) is 0 Å². The standard InChI is InChI=1S/C27H30N4O3/c1-3-4-5-10-16-28-24(32)20-12-7-9-14-22(20)31-25(33)27(2)23-19(15-17-30(27)26(31)34)18-11-6-8-13-21(18)29-23/h6-9,11-14,29H,3-5,10,15-17H2,1-2H3,(H,28,32)/t27-/m0/s1. The quantitative estimate of drug-likeness (QED) is 0.397. The van der Waals surface area contributed by atoms with Gasteiger partial charge in [0.15, 0.2) is 5.54 Å². The van der Waals surface area contributed by atoms with Gasteiger partial charge in [-0.1, -0.05) is 56.5 Å². The van der Waals surface area contributed by atoms with Crippen molar-refractivity contribution in [3.05, 3.63) is 65.4 Å². The van der Waals surface area contributed by atoms with Crippen LogP contribution in [0.25, 0.3) is 10.9 Å². The molecule has 0 radical (unpaired) electrons. The second kappa shape index (κ2) is 8.63. The number of nitrogens with one attached hydrogen (secondary N) is 2. The van der Waals surface area contributed by atoms with E-state index in [0.717, 1.165) is 47.8 Å². The molecule has 2 aliphatic rings. The number of fused-ring (bicyclic) bond motifs is 5. The number of benzene rings is 2. The molecule has 2 N–H and O–H groups in total. The molecule has 1 atom stereocenters. The second-order valence-corrected chi connectivity index (χ2v) is 9.25. The van der Waals surface area contributed by atoms with Crippen molar-refractivity contribution in [1.82, 2.24) is 15.2 Å². The van der Waals surface area contributed by atoms with E-state index in [4.69, 9.17) is 0 Å². The smallest absolute Gasteiger partial charge is 0.332 e. The second-order valence-electron chi connectivity index (χ2n) is 9.25. The zero-order valence-corrected chi connectivity index (χ0v) is 19.7. The molecule has 3 aromatic rings. The number of aromatic amines is 1. The number of urea groups is 1. The van der Waals surface area contributed by atoms with Gasteiger partial charge in [0.25, 0.3) is 11.8 Å². The molecule has 5 rings (SSSR count). The Morgan fingerprint density at radius 1 is 1.06 bits per heavy atom. The lowest BCUT2D eigenvalue weighted by molar-refractivity contribution is -0.125. The summed E-state index contributed by atoms with van der Waals surface area (Å²) in [5.41, 5.74) is 2.32. The SMILES string of the molecule is CCCCCCNC(=O)c1ccccc1N1C(=O)N2CCc3c([nH]c4ccccc34)[C@@]2(C)C1=O. The highest BCUT2D eigenvalue weighted by Gasteiger charge is 2.59. The Bertz CT molecular complexity index is 1280. The number of carbonyl (C=O) groups excluding carboxylic acids is 3. The molecule has 34 heavy (non-hydrogen) atoms. The Kier molecular flexibility index (Phi) is 5.63. The first-order chi connectivity index (χ1) is 16.5. The van der Waals surface area contributed by atoms with Crippen molar-refractivity contribution >= 4 is 34.4 Å². The summed E-state index contributed by atoms with van der Waals surface area (Å²) >= 11 is 0. The van der Waals surface area contributed by atoms with E-state index in [9.17, 15) is 14.4 Å². The first kappa shape index (κ1) is 22.2. The minimum atomic E-state index is -1.15. The summed E-state index contributed by atoms with van der Waals surface area (Å²) < 4.78 is 0. The number of unbranched alkanes of at least 4 members (excludes halogenated alkanes) is 3. The van der Waals surface area contributed by atoms with E-state index >= 15 is 0 Å². The molecule has 176 valence electrons. The lowest BCUT2D eigenvalue weighted by Gasteiger charge is -2.35. The van der Waals surface area contributed by atoms with Crippen LogP contribution in [0, 0.1) is 0 Å². The molecule has 7 nitrogen and oxygen atoms in total. The van der Waals surface area contributed by atoms with Crippen molar-refractivity contribution in [3.8, 4) is 0 Å². The van der Waals surface area contributed by atoms with Gasteiger partial charge in [0, 0.05) is 24.0 Å². The van der Waals surface area contributed by atoms with Crippen molar-refractivity contribution in [1.29, 1.82) is 0 Å². The molecule has 2 aliphatic heterocycles. The van der Waals surface area contributed by atoms with Crippen LogP contribution in [0.4, 0.5) is 10.5 Å². The summed E-state index contributed by atoms with van der Waals surface area (Å²) in [5.74, 6) is -0.609. The van der Waals surface area contributed by atoms with Crippen LogP contribution in [0.2, 0.25) is 0 Å². The van der Waals surface area contributed by atoms with E-state index in [0.29, 0.717) is 30.8 Å². The third kappa shape index (κ3) is 3.30. The summed E-state index contributed by atoms with van der Waals surface area (Å²) in [6, 6.07) is 14.4. The summed E-state index contributed by atoms with van der Waals surface area (Å²) in [5, 5.41) is 4.03. The van der Waals surface area contributed by atoms with Gasteiger partial charge in [-0.2, -0.15) is 0 Å². The average molecular weight is 459 g/mol. The highest BCUT2D eigenvalue weighted by Crippen LogP contribution is 2.45. The number of carbonyl (C=O) groups is 3. The molecule has 1 saturated heterocycles. The number of H-pyrrole nitrogens is 1. The van der Waals surface area contributed by atoms with Crippen LogP contribution in [0.3, 0.4) is 0 Å². The van der Waals surface area contributed by atoms with Gasteiger partial charge < -0.3 is 15.2 Å². The van der Waals surface area contributed by atoms with Gasteiger partial charge >= 0.3 is 6.03 Å². The minimum absolute atomic E-state index is 0.269. The molecule has 0 unspecified atom stereocenters. The summed E-state index contributed by atoms with van der Waals surface area (Å²) in [6.07, 6.45) is 4.89. The van der Waals surface area contributed by atoms with Gasteiger partial charge in [0.1, 0.15) is 0 Å². The molecule has 4 amide bonds. The molecule has 2 aromatic carbocycles. The molecular weight excluding hydrogens is 428 g/mol. The van der Waals surface area contributed by atoms with Crippen molar-refractivity contribution in [3.63, 3.8) is 0 Å². The van der Waals surface area contributed by atoms with Gasteiger partial charge in [-0.3, -0.25) is 9.59 Å². The summed E-state index contributed by atoms with van der Waals surface area (Å²) in [7, 11) is 0. The topological polar surface area (TPSA) is 85.5 Å². The molecular formula is C27H30N4O3. The first-order valence-electron chi connectivity index (χ1n) is 12.1. The van der Waals surface area contributed by atoms with Crippen LogP contribution in [-0.2, 0) is 16.8 Å². The number of nitrogens with zero attached hydrogens (tertiary/aromatic N) is 2. The Morgan fingerprint density at radius 2 is 1.82 bits per heavy atom. The molecule has 0 bridgehead atoms. The molecule has 1 fully saturated rings. The van der Waals surface area contributed by atoms with Crippen molar-refractivity contribution in [2.45, 2.75) is 51.5 Å². The van der Waals surface area contributed by atoms with Gasteiger partial charge in [-0.25, -0.2) is 9.69 Å². The van der Waals surface area contributed by atoms with E-state index in [1.165, 1.54) is 4.90 Å². The largest absolute Gasteiger partial charge is 0.356 e. The minimum Gasteiger partial charge on any atom is -0.356 e. The highest BCUT2D eigenvalue weighted by molar-refractivity contribution is 6.25. The van der Waals surface area contributed by atoms with E-state index in [1.807, 2.05) is 24.3 Å². The third-order valence-corrected chi connectivity index (χ3v) is 7.17. The number of rotatable bonds is 7. The number of hydrogen-bond donors (Lipinski definition) is 2. The maximum absolute atomic E-state index is 13.9. The lowest BCUT2D eigenvalue weighted by atomic mass is 9.87. The van der Waals surface area contributed by atoms with Crippen LogP contribution >= 0.6 is 0 Å². The number of amides is 4. The van der Waals surface area contributed by atoms with Crippen LogP contribution in [0.15, 0.2) is 48.5 Å². The monoisotopic (exact) mass is 458 g/mol. The fraction of sp³-hybridized carbons (Fsp3) is 0.370. The fourth-order valence-corrected chi connectivity index (χ4v) is 5.31. The summed E-state index contributed by atoms with van der Waals surface area (Å²) in [4.78, 5) is 46.7. The highest BCUT2D eigenvalue weighted by atomic mass is 16.2. The maximum Gasteiger partial charge on any atom is 0.332 e. The fourth-order valence-electron chi connectivity index (χ4n) is 5.31.